The number of hydrogen-bond donors (Lipinski definition) is 0. The van der Waals surface area contributed by atoms with Crippen LogP contribution >= 0.6 is 23.3 Å². The summed E-state index contributed by atoms with van der Waals surface area (Å²) in [4.78, 5) is 34.2. The summed E-state index contributed by atoms with van der Waals surface area (Å²) in [6.45, 7) is 11.9. The zero-order chi connectivity index (χ0) is 31.6. The van der Waals surface area contributed by atoms with Gasteiger partial charge in [-0.1, -0.05) is 6.92 Å². The summed E-state index contributed by atoms with van der Waals surface area (Å²) in [5.74, 6) is 1.39. The van der Waals surface area contributed by atoms with E-state index in [1.807, 2.05) is 45.8 Å². The number of aryl methyl sites for hydroxylation is 1. The van der Waals surface area contributed by atoms with Crippen molar-refractivity contribution in [3.8, 4) is 6.07 Å². The molecule has 1 aliphatic carbocycles. The number of anilines is 1. The number of aromatic nitrogens is 2. The Balaban J connectivity index is 1.41. The lowest BCUT2D eigenvalue weighted by Gasteiger charge is -2.37. The van der Waals surface area contributed by atoms with Gasteiger partial charge in [0.2, 0.25) is 5.95 Å². The van der Waals surface area contributed by atoms with E-state index < -0.39 is 5.60 Å². The first-order valence-corrected chi connectivity index (χ1v) is 16.9. The van der Waals surface area contributed by atoms with Crippen LogP contribution in [0.5, 0.6) is 0 Å². The Morgan fingerprint density at radius 1 is 1.30 bits per heavy atom. The third-order valence-corrected chi connectivity index (χ3v) is 10.1. The van der Waals surface area contributed by atoms with Crippen LogP contribution < -0.4 is 4.90 Å². The Morgan fingerprint density at radius 3 is 2.82 bits per heavy atom. The molecule has 0 saturated carbocycles. The molecular formula is C32H42N8O2S2. The third-order valence-electron chi connectivity index (χ3n) is 8.17. The van der Waals surface area contributed by atoms with Gasteiger partial charge in [-0.25, -0.2) is 24.2 Å². The van der Waals surface area contributed by atoms with E-state index in [0.717, 1.165) is 60.0 Å². The van der Waals surface area contributed by atoms with Crippen molar-refractivity contribution in [1.82, 2.24) is 19.8 Å². The zero-order valence-electron chi connectivity index (χ0n) is 26.8. The molecule has 1 saturated heterocycles. The predicted molar refractivity (Wildman–Crippen MR) is 180 cm³/mol. The molecule has 0 spiro atoms. The first-order chi connectivity index (χ1) is 20.9. The first kappa shape index (κ1) is 32.0. The Labute approximate surface area is 269 Å². The van der Waals surface area contributed by atoms with Crippen LogP contribution in [0.3, 0.4) is 0 Å². The highest BCUT2D eigenvalue weighted by Gasteiger charge is 2.41. The normalized spacial score (nSPS) is 22.5. The molecule has 1 fully saturated rings. The molecule has 10 nitrogen and oxygen atoms in total. The number of fused-ring (bicyclic) bond motifs is 1. The van der Waals surface area contributed by atoms with Crippen LogP contribution in [0.15, 0.2) is 33.3 Å². The molecular weight excluding hydrogens is 593 g/mol. The van der Waals surface area contributed by atoms with Crippen LogP contribution in [-0.4, -0.2) is 89.0 Å². The molecule has 0 bridgehead atoms. The molecule has 0 aromatic carbocycles. The third kappa shape index (κ3) is 6.79. The van der Waals surface area contributed by atoms with Crippen LogP contribution in [0.2, 0.25) is 0 Å². The van der Waals surface area contributed by atoms with Gasteiger partial charge in [0.25, 0.3) is 0 Å². The van der Waals surface area contributed by atoms with E-state index in [-0.39, 0.29) is 17.6 Å². The minimum atomic E-state index is -0.535. The molecule has 2 aromatic rings. The van der Waals surface area contributed by atoms with Crippen LogP contribution in [0.1, 0.15) is 75.6 Å². The maximum atomic E-state index is 12.8. The molecule has 1 amide bonds. The van der Waals surface area contributed by atoms with Gasteiger partial charge in [-0.15, -0.1) is 11.3 Å². The van der Waals surface area contributed by atoms with Crippen LogP contribution in [0.4, 0.5) is 15.7 Å². The minimum absolute atomic E-state index is 0.0148. The number of nitrogens with zero attached hydrogens (tertiary/aromatic N) is 8. The van der Waals surface area contributed by atoms with Crippen LogP contribution in [-0.2, 0) is 16.6 Å². The fraction of sp³-hybridized carbons (Fsp3) is 0.562. The van der Waals surface area contributed by atoms with Gasteiger partial charge in [0.05, 0.1) is 23.3 Å². The molecule has 0 N–H and O–H groups in total. The molecule has 2 aliphatic heterocycles. The van der Waals surface area contributed by atoms with E-state index in [0.29, 0.717) is 24.6 Å². The molecule has 44 heavy (non-hydrogen) atoms. The topological polar surface area (TPSA) is 110 Å². The second-order valence-electron chi connectivity index (χ2n) is 13.1. The highest BCUT2D eigenvalue weighted by molar-refractivity contribution is 7.98. The molecule has 0 radical (unpaired) electrons. The van der Waals surface area contributed by atoms with Gasteiger partial charge in [-0.2, -0.15) is 5.26 Å². The van der Waals surface area contributed by atoms with E-state index in [1.54, 1.807) is 28.8 Å². The number of carbonyl (C=O) groups is 1. The highest BCUT2D eigenvalue weighted by atomic mass is 32.2. The SMILES string of the molecule is C[C@H]1CN(C(=O)OC(C)(C)C)CCCN1c1nccc(C2=NSCC([C@@]3(C)CCCc4sc(N=CN(C)C)c(C#N)c43)=C2)n1. The second kappa shape index (κ2) is 12.9. The number of carbonyl (C=O) groups excluding carboxylic acids is 1. The van der Waals surface area contributed by atoms with Gasteiger partial charge >= 0.3 is 6.09 Å². The summed E-state index contributed by atoms with van der Waals surface area (Å²) < 4.78 is 10.4. The van der Waals surface area contributed by atoms with E-state index >= 15 is 0 Å². The number of hydrogen-bond acceptors (Lipinski definition) is 10. The van der Waals surface area contributed by atoms with Gasteiger partial charge in [0.15, 0.2) is 0 Å². The van der Waals surface area contributed by atoms with Crippen molar-refractivity contribution >= 4 is 52.4 Å². The fourth-order valence-corrected chi connectivity index (χ4v) is 8.21. The quantitative estimate of drug-likeness (QED) is 0.219. The van der Waals surface area contributed by atoms with E-state index in [4.69, 9.17) is 14.1 Å². The first-order valence-electron chi connectivity index (χ1n) is 15.2. The van der Waals surface area contributed by atoms with Crippen molar-refractivity contribution in [2.75, 3.05) is 44.4 Å². The Kier molecular flexibility index (Phi) is 9.37. The number of allylic oxidation sites excluding steroid dienone is 1. The van der Waals surface area contributed by atoms with Crippen molar-refractivity contribution in [2.24, 2.45) is 9.39 Å². The number of amides is 1. The van der Waals surface area contributed by atoms with Crippen LogP contribution in [0, 0.1) is 11.3 Å². The lowest BCUT2D eigenvalue weighted by molar-refractivity contribution is 0.0251. The number of ether oxygens (including phenoxy) is 1. The fourth-order valence-electron chi connectivity index (χ4n) is 6.06. The molecule has 2 aromatic heterocycles. The molecule has 5 rings (SSSR count). The highest BCUT2D eigenvalue weighted by Crippen LogP contribution is 2.51. The van der Waals surface area contributed by atoms with E-state index in [9.17, 15) is 10.1 Å². The molecule has 4 heterocycles. The average Bonchev–Trinajstić information content (AvgIpc) is 3.24. The van der Waals surface area contributed by atoms with E-state index in [1.165, 1.54) is 22.4 Å². The van der Waals surface area contributed by atoms with Gasteiger partial charge in [-0.05, 0) is 88.6 Å². The minimum Gasteiger partial charge on any atom is -0.444 e. The zero-order valence-corrected chi connectivity index (χ0v) is 28.4. The van der Waals surface area contributed by atoms with Crippen LogP contribution in [0.25, 0.3) is 0 Å². The van der Waals surface area contributed by atoms with Crippen molar-refractivity contribution in [3.05, 3.63) is 45.6 Å². The van der Waals surface area contributed by atoms with Crippen molar-refractivity contribution < 1.29 is 9.53 Å². The van der Waals surface area contributed by atoms with E-state index in [2.05, 4.69) is 40.9 Å². The molecule has 0 unspecified atom stereocenters. The Hall–Kier alpha value is -3.43. The summed E-state index contributed by atoms with van der Waals surface area (Å²) >= 11 is 3.18. The number of nitriles is 1. The average molecular weight is 635 g/mol. The largest absolute Gasteiger partial charge is 0.444 e. The number of rotatable bonds is 5. The summed E-state index contributed by atoms with van der Waals surface area (Å²) in [5, 5.41) is 11.0. The Bertz CT molecular complexity index is 1530. The smallest absolute Gasteiger partial charge is 0.410 e. The second-order valence-corrected chi connectivity index (χ2v) is 14.9. The summed E-state index contributed by atoms with van der Waals surface area (Å²) in [7, 11) is 3.87. The lowest BCUT2D eigenvalue weighted by Crippen LogP contribution is -2.43. The molecule has 234 valence electrons. The number of thiophene rings is 1. The summed E-state index contributed by atoms with van der Waals surface area (Å²) in [5.41, 5.74) is 3.84. The summed E-state index contributed by atoms with van der Waals surface area (Å²) in [6, 6.07) is 4.42. The van der Waals surface area contributed by atoms with Gasteiger partial charge in [-0.3, -0.25) is 0 Å². The predicted octanol–water partition coefficient (Wildman–Crippen LogP) is 6.14. The van der Waals surface area contributed by atoms with Crippen molar-refractivity contribution in [1.29, 1.82) is 5.26 Å². The van der Waals surface area contributed by atoms with Gasteiger partial charge in [0, 0.05) is 62.0 Å². The monoisotopic (exact) mass is 634 g/mol. The lowest BCUT2D eigenvalue weighted by atomic mass is 9.68. The Morgan fingerprint density at radius 2 is 2.09 bits per heavy atom. The molecule has 3 aliphatic rings. The standard InChI is InChI=1S/C32H42N8O2S2/c1-21-18-39(30(41)42-31(2,3)4)14-9-15-40(21)29-34-13-11-24(36-29)25-16-22(19-43-37-25)32(5)12-8-10-26-27(32)23(17-33)28(44-26)35-20-38(6)7/h11,13,16,20-21H,8-10,12,14-15,18-19H2,1-7H3/t21-,32+/m0/s1. The molecule has 12 heteroatoms. The van der Waals surface area contributed by atoms with Crippen molar-refractivity contribution in [3.63, 3.8) is 0 Å². The van der Waals surface area contributed by atoms with Gasteiger partial charge in [0.1, 0.15) is 16.7 Å². The number of aliphatic imine (C=N–C) groups is 1. The molecule has 2 atom stereocenters. The maximum absolute atomic E-state index is 12.8. The summed E-state index contributed by atoms with van der Waals surface area (Å²) in [6.07, 6.45) is 9.24. The maximum Gasteiger partial charge on any atom is 0.410 e. The van der Waals surface area contributed by atoms with Gasteiger partial charge < -0.3 is 19.4 Å². The van der Waals surface area contributed by atoms with Crippen molar-refractivity contribution in [2.45, 2.75) is 77.4 Å².